The maximum Gasteiger partial charge on any atom is 0.270 e. The summed E-state index contributed by atoms with van der Waals surface area (Å²) in [5, 5.41) is 8.69. The molecule has 1 rings (SSSR count). The molecule has 18 heavy (non-hydrogen) atoms. The zero-order valence-corrected chi connectivity index (χ0v) is 11.2. The number of nitrogen functional groups attached to an aromatic ring is 1. The number of aliphatic hydroxyl groups excluding tert-OH is 1. The van der Waals surface area contributed by atoms with Crippen LogP contribution in [0.1, 0.15) is 36.7 Å². The van der Waals surface area contributed by atoms with Gasteiger partial charge in [0.1, 0.15) is 5.69 Å². The van der Waals surface area contributed by atoms with Gasteiger partial charge in [0.2, 0.25) is 0 Å². The Morgan fingerprint density at radius 3 is 2.78 bits per heavy atom. The number of unbranched alkanes of at least 4 members (excludes halogenated alkanes) is 2. The van der Waals surface area contributed by atoms with Crippen LogP contribution in [0.3, 0.4) is 0 Å². The molecule has 0 aromatic carbocycles. The summed E-state index contributed by atoms with van der Waals surface area (Å²) in [4.78, 5) is 13.9. The lowest BCUT2D eigenvalue weighted by atomic mass is 10.2. The van der Waals surface area contributed by atoms with Crippen molar-refractivity contribution in [1.29, 1.82) is 0 Å². The molecular formula is C13H23N3O2. The molecule has 0 aliphatic rings. The Bertz CT molecular complexity index is 388. The molecule has 0 aliphatic heterocycles. The molecule has 0 atom stereocenters. The molecule has 0 saturated carbocycles. The van der Waals surface area contributed by atoms with Crippen molar-refractivity contribution in [3.8, 4) is 0 Å². The van der Waals surface area contributed by atoms with Gasteiger partial charge in [-0.2, -0.15) is 0 Å². The summed E-state index contributed by atoms with van der Waals surface area (Å²) in [6, 6.07) is 1.72. The van der Waals surface area contributed by atoms with Crippen molar-refractivity contribution >= 4 is 11.6 Å². The van der Waals surface area contributed by atoms with Gasteiger partial charge in [0.25, 0.3) is 5.91 Å². The molecule has 1 amide bonds. The van der Waals surface area contributed by atoms with Crippen LogP contribution in [-0.2, 0) is 6.54 Å². The van der Waals surface area contributed by atoms with Gasteiger partial charge in [-0.25, -0.2) is 0 Å². The highest BCUT2D eigenvalue weighted by Crippen LogP contribution is 2.13. The Hall–Kier alpha value is -1.49. The van der Waals surface area contributed by atoms with Crippen molar-refractivity contribution in [2.45, 2.75) is 32.7 Å². The molecule has 1 aromatic heterocycles. The zero-order valence-electron chi connectivity index (χ0n) is 11.2. The first-order valence-corrected chi connectivity index (χ1v) is 6.42. The number of rotatable bonds is 7. The molecule has 0 saturated heterocycles. The fourth-order valence-electron chi connectivity index (χ4n) is 1.91. The molecule has 102 valence electrons. The lowest BCUT2D eigenvalue weighted by Gasteiger charge is -2.17. The lowest BCUT2D eigenvalue weighted by Crippen LogP contribution is -2.29. The molecule has 0 fully saturated rings. The highest BCUT2D eigenvalue weighted by atomic mass is 16.2. The molecule has 1 aromatic rings. The maximum absolute atomic E-state index is 12.2. The Morgan fingerprint density at radius 2 is 2.17 bits per heavy atom. The number of anilines is 1. The third-order valence-electron chi connectivity index (χ3n) is 2.98. The van der Waals surface area contributed by atoms with Gasteiger partial charge in [-0.05, 0) is 32.3 Å². The monoisotopic (exact) mass is 253 g/mol. The topological polar surface area (TPSA) is 71.5 Å². The summed E-state index contributed by atoms with van der Waals surface area (Å²) in [5.74, 6) is -0.00227. The van der Waals surface area contributed by atoms with E-state index >= 15 is 0 Å². The largest absolute Gasteiger partial charge is 0.397 e. The van der Waals surface area contributed by atoms with Gasteiger partial charge in [-0.1, -0.05) is 0 Å². The van der Waals surface area contributed by atoms with E-state index in [0.29, 0.717) is 17.9 Å². The maximum atomic E-state index is 12.2. The van der Waals surface area contributed by atoms with Gasteiger partial charge in [-0.3, -0.25) is 4.79 Å². The number of hydrogen-bond donors (Lipinski definition) is 2. The highest BCUT2D eigenvalue weighted by molar-refractivity contribution is 5.93. The van der Waals surface area contributed by atoms with Crippen molar-refractivity contribution < 1.29 is 9.90 Å². The fourth-order valence-corrected chi connectivity index (χ4v) is 1.91. The van der Waals surface area contributed by atoms with E-state index in [0.717, 1.165) is 25.8 Å². The number of nitrogens with two attached hydrogens (primary N) is 1. The van der Waals surface area contributed by atoms with Crippen molar-refractivity contribution in [3.63, 3.8) is 0 Å². The average molecular weight is 253 g/mol. The third-order valence-corrected chi connectivity index (χ3v) is 2.98. The lowest BCUT2D eigenvalue weighted by molar-refractivity contribution is 0.0781. The van der Waals surface area contributed by atoms with Crippen molar-refractivity contribution in [1.82, 2.24) is 9.47 Å². The minimum atomic E-state index is -0.00227. The average Bonchev–Trinajstić information content (AvgIpc) is 2.74. The molecule has 5 nitrogen and oxygen atoms in total. The summed E-state index contributed by atoms with van der Waals surface area (Å²) in [7, 11) is 1.80. The van der Waals surface area contributed by atoms with Crippen LogP contribution in [0, 0.1) is 0 Å². The van der Waals surface area contributed by atoms with E-state index in [2.05, 4.69) is 0 Å². The highest BCUT2D eigenvalue weighted by Gasteiger charge is 2.15. The van der Waals surface area contributed by atoms with Gasteiger partial charge in [-0.15, -0.1) is 0 Å². The van der Waals surface area contributed by atoms with Crippen LogP contribution < -0.4 is 5.73 Å². The van der Waals surface area contributed by atoms with Crippen LogP contribution in [0.5, 0.6) is 0 Å². The second-order valence-electron chi connectivity index (χ2n) is 4.46. The standard InChI is InChI=1S/C13H23N3O2/c1-3-16-10-11(14)9-12(16)13(18)15(2)7-5-4-6-8-17/h9-10,17H,3-8,14H2,1-2H3. The van der Waals surface area contributed by atoms with Crippen molar-refractivity contribution in [3.05, 3.63) is 18.0 Å². The number of carbonyl (C=O) groups is 1. The molecule has 3 N–H and O–H groups in total. The van der Waals surface area contributed by atoms with Crippen molar-refractivity contribution in [2.24, 2.45) is 0 Å². The number of aromatic nitrogens is 1. The Morgan fingerprint density at radius 1 is 1.44 bits per heavy atom. The van der Waals surface area contributed by atoms with E-state index < -0.39 is 0 Å². The first-order valence-electron chi connectivity index (χ1n) is 6.42. The van der Waals surface area contributed by atoms with Crippen LogP contribution >= 0.6 is 0 Å². The SMILES string of the molecule is CCn1cc(N)cc1C(=O)N(C)CCCCCO. The molecule has 0 unspecified atom stereocenters. The summed E-state index contributed by atoms with van der Waals surface area (Å²) in [6.07, 6.45) is 4.42. The Labute approximate surface area is 108 Å². The Balaban J connectivity index is 2.57. The predicted molar refractivity (Wildman–Crippen MR) is 72.4 cm³/mol. The number of carbonyl (C=O) groups excluding carboxylic acids is 1. The number of aliphatic hydroxyl groups is 1. The molecule has 0 aliphatic carbocycles. The zero-order chi connectivity index (χ0) is 13.5. The molecular weight excluding hydrogens is 230 g/mol. The summed E-state index contributed by atoms with van der Waals surface area (Å²) < 4.78 is 1.86. The first-order chi connectivity index (χ1) is 8.60. The van der Waals surface area contributed by atoms with Crippen molar-refractivity contribution in [2.75, 3.05) is 25.9 Å². The normalized spacial score (nSPS) is 10.6. The molecule has 1 heterocycles. The van der Waals surface area contributed by atoms with Crippen LogP contribution in [0.25, 0.3) is 0 Å². The predicted octanol–water partition coefficient (Wildman–Crippen LogP) is 1.32. The van der Waals surface area contributed by atoms with E-state index in [9.17, 15) is 4.79 Å². The fraction of sp³-hybridized carbons (Fsp3) is 0.615. The number of nitrogens with zero attached hydrogens (tertiary/aromatic N) is 2. The van der Waals surface area contributed by atoms with Crippen LogP contribution in [0.2, 0.25) is 0 Å². The van der Waals surface area contributed by atoms with Gasteiger partial charge in [0.15, 0.2) is 0 Å². The minimum absolute atomic E-state index is 0.00227. The minimum Gasteiger partial charge on any atom is -0.397 e. The van der Waals surface area contributed by atoms with Crippen LogP contribution in [-0.4, -0.2) is 40.7 Å². The van der Waals surface area contributed by atoms with E-state index in [1.54, 1.807) is 24.2 Å². The van der Waals surface area contributed by atoms with E-state index in [1.165, 1.54) is 0 Å². The number of hydrogen-bond acceptors (Lipinski definition) is 3. The van der Waals surface area contributed by atoms with Gasteiger partial charge < -0.3 is 20.3 Å². The van der Waals surface area contributed by atoms with Gasteiger partial charge in [0.05, 0.1) is 5.69 Å². The summed E-state index contributed by atoms with van der Waals surface area (Å²) in [5.41, 5.74) is 6.97. The number of aryl methyl sites for hydroxylation is 1. The second kappa shape index (κ2) is 7.06. The second-order valence-corrected chi connectivity index (χ2v) is 4.46. The van der Waals surface area contributed by atoms with E-state index in [-0.39, 0.29) is 12.5 Å². The van der Waals surface area contributed by atoms with E-state index in [1.807, 2.05) is 11.5 Å². The summed E-state index contributed by atoms with van der Waals surface area (Å²) >= 11 is 0. The molecule has 0 spiro atoms. The molecule has 5 heteroatoms. The first kappa shape index (κ1) is 14.6. The van der Waals surface area contributed by atoms with Crippen LogP contribution in [0.4, 0.5) is 5.69 Å². The van der Waals surface area contributed by atoms with Gasteiger partial charge >= 0.3 is 0 Å². The summed E-state index contributed by atoms with van der Waals surface area (Å²) in [6.45, 7) is 3.63. The van der Waals surface area contributed by atoms with Crippen LogP contribution in [0.15, 0.2) is 12.3 Å². The smallest absolute Gasteiger partial charge is 0.270 e. The molecule has 0 bridgehead atoms. The number of amides is 1. The molecule has 0 radical (unpaired) electrons. The Kier molecular flexibility index (Phi) is 5.71. The van der Waals surface area contributed by atoms with Gasteiger partial charge in [0, 0.05) is 32.9 Å². The van der Waals surface area contributed by atoms with E-state index in [4.69, 9.17) is 10.8 Å². The quantitative estimate of drug-likeness (QED) is 0.720. The third kappa shape index (κ3) is 3.77.